The molecule has 0 spiro atoms. The molecule has 1 aromatic rings. The van der Waals surface area contributed by atoms with E-state index in [1.807, 2.05) is 0 Å². The van der Waals surface area contributed by atoms with Crippen LogP contribution in [0.5, 0.6) is 0 Å². The van der Waals surface area contributed by atoms with Gasteiger partial charge >= 0.3 is 0 Å². The van der Waals surface area contributed by atoms with Gasteiger partial charge in [0.25, 0.3) is 10.0 Å². The summed E-state index contributed by atoms with van der Waals surface area (Å²) in [5, 5.41) is 7.37. The number of hydrogen-bond acceptors (Lipinski definition) is 5. The first-order chi connectivity index (χ1) is 8.99. The van der Waals surface area contributed by atoms with E-state index in [1.54, 1.807) is 14.2 Å². The van der Waals surface area contributed by atoms with Gasteiger partial charge in [0.05, 0.1) is 18.3 Å². The van der Waals surface area contributed by atoms with Crippen LogP contribution < -0.4 is 10.0 Å². The minimum absolute atomic E-state index is 0. The summed E-state index contributed by atoms with van der Waals surface area (Å²) in [7, 11) is -0.310. The molecule has 1 fully saturated rings. The Labute approximate surface area is 125 Å². The van der Waals surface area contributed by atoms with Crippen molar-refractivity contribution >= 4 is 22.4 Å². The first kappa shape index (κ1) is 17.4. The maximum atomic E-state index is 12.2. The molecular formula is C11H21ClN4O3S. The molecular weight excluding hydrogens is 304 g/mol. The molecule has 9 heteroatoms. The summed E-state index contributed by atoms with van der Waals surface area (Å²) in [5.74, 6) is 0. The standard InChI is InChI=1S/C11H20N4O3S.ClH/c1-15-10(4-7-13-15)19(16,17)14-8-11(9-18-2)5-3-6-12-11;/h4,7,12,14H,3,5-6,8-9H2,1-2H3;1H. The monoisotopic (exact) mass is 324 g/mol. The molecule has 1 aliphatic rings. The van der Waals surface area contributed by atoms with Crippen LogP contribution in [-0.4, -0.2) is 50.5 Å². The third-order valence-electron chi connectivity index (χ3n) is 3.40. The number of halogens is 1. The number of ether oxygens (including phenoxy) is 1. The van der Waals surface area contributed by atoms with Crippen molar-refractivity contribution in [3.8, 4) is 0 Å². The quantitative estimate of drug-likeness (QED) is 0.762. The number of hydrogen-bond donors (Lipinski definition) is 2. The van der Waals surface area contributed by atoms with Gasteiger partial charge in [0.2, 0.25) is 0 Å². The second kappa shape index (κ2) is 6.86. The summed E-state index contributed by atoms with van der Waals surface area (Å²) < 4.78 is 33.5. The molecule has 1 aliphatic heterocycles. The number of aryl methyl sites for hydroxylation is 1. The number of nitrogens with one attached hydrogen (secondary N) is 2. The van der Waals surface area contributed by atoms with Crippen LogP contribution in [0.3, 0.4) is 0 Å². The minimum Gasteiger partial charge on any atom is -0.383 e. The Bertz CT molecular complexity index is 526. The molecule has 20 heavy (non-hydrogen) atoms. The average Bonchev–Trinajstić information content (AvgIpc) is 2.97. The lowest BCUT2D eigenvalue weighted by Crippen LogP contribution is -2.53. The Morgan fingerprint density at radius 3 is 2.85 bits per heavy atom. The molecule has 0 aromatic carbocycles. The van der Waals surface area contributed by atoms with Gasteiger partial charge in [0, 0.05) is 20.7 Å². The van der Waals surface area contributed by atoms with Crippen LogP contribution >= 0.6 is 12.4 Å². The molecule has 2 N–H and O–H groups in total. The molecule has 0 bridgehead atoms. The smallest absolute Gasteiger partial charge is 0.257 e. The van der Waals surface area contributed by atoms with Crippen molar-refractivity contribution in [1.82, 2.24) is 19.8 Å². The van der Waals surface area contributed by atoms with E-state index in [0.29, 0.717) is 13.2 Å². The van der Waals surface area contributed by atoms with Gasteiger partial charge in [-0.05, 0) is 25.5 Å². The van der Waals surface area contributed by atoms with Crippen LogP contribution in [-0.2, 0) is 21.8 Å². The van der Waals surface area contributed by atoms with Crippen LogP contribution in [0.2, 0.25) is 0 Å². The Morgan fingerprint density at radius 2 is 2.35 bits per heavy atom. The number of sulfonamides is 1. The molecule has 116 valence electrons. The van der Waals surface area contributed by atoms with Crippen LogP contribution in [0.25, 0.3) is 0 Å². The molecule has 1 saturated heterocycles. The molecule has 0 amide bonds. The van der Waals surface area contributed by atoms with Gasteiger partial charge < -0.3 is 10.1 Å². The molecule has 0 saturated carbocycles. The highest BCUT2D eigenvalue weighted by Gasteiger charge is 2.35. The summed E-state index contributed by atoms with van der Waals surface area (Å²) in [6.07, 6.45) is 3.39. The Morgan fingerprint density at radius 1 is 1.60 bits per heavy atom. The van der Waals surface area contributed by atoms with Gasteiger partial charge in [-0.3, -0.25) is 4.68 Å². The van der Waals surface area contributed by atoms with E-state index >= 15 is 0 Å². The average molecular weight is 325 g/mol. The van der Waals surface area contributed by atoms with Crippen LogP contribution in [0, 0.1) is 0 Å². The molecule has 2 heterocycles. The number of nitrogens with zero attached hydrogens (tertiary/aromatic N) is 2. The zero-order valence-electron chi connectivity index (χ0n) is 11.6. The zero-order chi connectivity index (χ0) is 13.9. The third-order valence-corrected chi connectivity index (χ3v) is 4.88. The minimum atomic E-state index is -3.54. The predicted molar refractivity (Wildman–Crippen MR) is 77.5 cm³/mol. The molecule has 7 nitrogen and oxygen atoms in total. The Balaban J connectivity index is 0.00000200. The summed E-state index contributed by atoms with van der Waals surface area (Å²) in [6.45, 7) is 1.69. The lowest BCUT2D eigenvalue weighted by Gasteiger charge is -2.28. The SMILES string of the molecule is COCC1(CNS(=O)(=O)c2ccnn2C)CCCN1.Cl. The Kier molecular flexibility index (Phi) is 5.96. The lowest BCUT2D eigenvalue weighted by molar-refractivity contribution is 0.122. The van der Waals surface area contributed by atoms with Crippen molar-refractivity contribution in [3.63, 3.8) is 0 Å². The largest absolute Gasteiger partial charge is 0.383 e. The molecule has 0 radical (unpaired) electrons. The van der Waals surface area contributed by atoms with Gasteiger partial charge in [0.15, 0.2) is 5.03 Å². The fourth-order valence-electron chi connectivity index (χ4n) is 2.40. The fraction of sp³-hybridized carbons (Fsp3) is 0.727. The first-order valence-corrected chi connectivity index (χ1v) is 7.69. The summed E-state index contributed by atoms with van der Waals surface area (Å²) >= 11 is 0. The number of methoxy groups -OCH3 is 1. The summed E-state index contributed by atoms with van der Waals surface area (Å²) in [6, 6.07) is 1.48. The van der Waals surface area contributed by atoms with Gasteiger partial charge in [0.1, 0.15) is 0 Å². The predicted octanol–water partition coefficient (Wildman–Crippen LogP) is -0.111. The third kappa shape index (κ3) is 3.70. The van der Waals surface area contributed by atoms with Crippen molar-refractivity contribution in [2.75, 3.05) is 26.8 Å². The van der Waals surface area contributed by atoms with Crippen molar-refractivity contribution in [2.45, 2.75) is 23.4 Å². The van der Waals surface area contributed by atoms with E-state index in [0.717, 1.165) is 19.4 Å². The zero-order valence-corrected chi connectivity index (χ0v) is 13.3. The topological polar surface area (TPSA) is 85.2 Å². The Hall–Kier alpha value is -0.670. The van der Waals surface area contributed by atoms with Crippen molar-refractivity contribution in [1.29, 1.82) is 0 Å². The number of rotatable bonds is 6. The maximum Gasteiger partial charge on any atom is 0.257 e. The van der Waals surface area contributed by atoms with Crippen molar-refractivity contribution in [2.24, 2.45) is 7.05 Å². The molecule has 1 aromatic heterocycles. The second-order valence-electron chi connectivity index (χ2n) is 4.86. The molecule has 0 aliphatic carbocycles. The molecule has 1 atom stereocenters. The summed E-state index contributed by atoms with van der Waals surface area (Å²) in [5.41, 5.74) is -0.305. The van der Waals surface area contributed by atoms with Gasteiger partial charge in [-0.25, -0.2) is 13.1 Å². The number of aromatic nitrogens is 2. The van der Waals surface area contributed by atoms with Crippen LogP contribution in [0.15, 0.2) is 17.3 Å². The van der Waals surface area contributed by atoms with Crippen molar-refractivity contribution in [3.05, 3.63) is 12.3 Å². The van der Waals surface area contributed by atoms with E-state index in [4.69, 9.17) is 4.74 Å². The van der Waals surface area contributed by atoms with Gasteiger partial charge in [-0.2, -0.15) is 5.10 Å². The maximum absolute atomic E-state index is 12.2. The van der Waals surface area contributed by atoms with E-state index in [-0.39, 0.29) is 23.0 Å². The summed E-state index contributed by atoms with van der Waals surface area (Å²) in [4.78, 5) is 0. The normalized spacial score (nSPS) is 22.7. The van der Waals surface area contributed by atoms with Gasteiger partial charge in [-0.15, -0.1) is 12.4 Å². The second-order valence-corrected chi connectivity index (χ2v) is 6.58. The van der Waals surface area contributed by atoms with Crippen LogP contribution in [0.4, 0.5) is 0 Å². The van der Waals surface area contributed by atoms with E-state index < -0.39 is 10.0 Å². The highest BCUT2D eigenvalue weighted by Crippen LogP contribution is 2.19. The molecule has 2 rings (SSSR count). The van der Waals surface area contributed by atoms with E-state index in [2.05, 4.69) is 15.1 Å². The van der Waals surface area contributed by atoms with Gasteiger partial charge in [-0.1, -0.05) is 0 Å². The van der Waals surface area contributed by atoms with E-state index in [1.165, 1.54) is 16.9 Å². The fourth-order valence-corrected chi connectivity index (χ4v) is 3.65. The lowest BCUT2D eigenvalue weighted by atomic mass is 9.99. The first-order valence-electron chi connectivity index (χ1n) is 6.21. The highest BCUT2D eigenvalue weighted by molar-refractivity contribution is 7.89. The van der Waals surface area contributed by atoms with Crippen LogP contribution in [0.1, 0.15) is 12.8 Å². The molecule has 1 unspecified atom stereocenters. The van der Waals surface area contributed by atoms with Crippen molar-refractivity contribution < 1.29 is 13.2 Å². The van der Waals surface area contributed by atoms with E-state index in [9.17, 15) is 8.42 Å². The highest BCUT2D eigenvalue weighted by atomic mass is 35.5.